The molecule has 1 saturated carbocycles. The van der Waals surface area contributed by atoms with Crippen molar-refractivity contribution in [3.63, 3.8) is 0 Å². The Kier molecular flexibility index (Phi) is 4.16. The van der Waals surface area contributed by atoms with Crippen molar-refractivity contribution < 1.29 is 14.7 Å². The number of nitrogens with zero attached hydrogens (tertiary/aromatic N) is 3. The Morgan fingerprint density at radius 3 is 2.57 bits per heavy atom. The average Bonchev–Trinajstić information content (AvgIpc) is 3.26. The topological polar surface area (TPSA) is 97.1 Å². The van der Waals surface area contributed by atoms with Crippen molar-refractivity contribution in [1.82, 2.24) is 20.3 Å². The Morgan fingerprint density at radius 2 is 2.00 bits per heavy atom. The Hall–Kier alpha value is -2.22. The molecule has 1 heterocycles. The van der Waals surface area contributed by atoms with Crippen LogP contribution >= 0.6 is 15.9 Å². The van der Waals surface area contributed by atoms with Crippen LogP contribution in [0.3, 0.4) is 0 Å². The van der Waals surface area contributed by atoms with Gasteiger partial charge in [-0.05, 0) is 44.0 Å². The van der Waals surface area contributed by atoms with Gasteiger partial charge in [0, 0.05) is 10.4 Å². The molecule has 1 fully saturated rings. The van der Waals surface area contributed by atoms with E-state index < -0.39 is 17.9 Å². The van der Waals surface area contributed by atoms with Crippen LogP contribution in [0.2, 0.25) is 0 Å². The van der Waals surface area contributed by atoms with E-state index in [9.17, 15) is 9.59 Å². The lowest BCUT2D eigenvalue weighted by atomic mass is 10.2. The molecule has 8 heteroatoms. The zero-order valence-electron chi connectivity index (χ0n) is 12.4. The molecular weight excluding hydrogens is 364 g/mol. The van der Waals surface area contributed by atoms with E-state index in [1.54, 1.807) is 4.68 Å². The van der Waals surface area contributed by atoms with E-state index in [1.807, 2.05) is 24.3 Å². The van der Waals surface area contributed by atoms with Gasteiger partial charge in [0.15, 0.2) is 5.69 Å². The van der Waals surface area contributed by atoms with Crippen molar-refractivity contribution in [2.75, 3.05) is 0 Å². The van der Waals surface area contributed by atoms with Gasteiger partial charge < -0.3 is 10.4 Å². The maximum absolute atomic E-state index is 12.3. The first-order valence-corrected chi connectivity index (χ1v) is 8.02. The minimum absolute atomic E-state index is 0.198. The fourth-order valence-corrected chi connectivity index (χ4v) is 2.54. The first kappa shape index (κ1) is 15.7. The van der Waals surface area contributed by atoms with Gasteiger partial charge in [-0.2, -0.15) is 0 Å². The van der Waals surface area contributed by atoms with Crippen LogP contribution in [0.5, 0.6) is 0 Å². The van der Waals surface area contributed by atoms with Gasteiger partial charge in [-0.25, -0.2) is 4.68 Å². The number of halogens is 1. The SMILES string of the molecule is CC(NC(=O)c1nnn(-c2ccc(Br)cc2)c1C1CC1)C(=O)O. The van der Waals surface area contributed by atoms with Crippen LogP contribution in [0.25, 0.3) is 5.69 Å². The molecule has 1 unspecified atom stereocenters. The Morgan fingerprint density at radius 1 is 1.35 bits per heavy atom. The predicted molar refractivity (Wildman–Crippen MR) is 85.6 cm³/mol. The highest BCUT2D eigenvalue weighted by atomic mass is 79.9. The summed E-state index contributed by atoms with van der Waals surface area (Å²) in [5.41, 5.74) is 1.75. The molecule has 0 spiro atoms. The summed E-state index contributed by atoms with van der Waals surface area (Å²) in [6.45, 7) is 1.41. The number of carbonyl (C=O) groups excluding carboxylic acids is 1. The molecule has 1 aliphatic rings. The second-order valence-corrected chi connectivity index (χ2v) is 6.43. The van der Waals surface area contributed by atoms with Crippen LogP contribution in [0, 0.1) is 0 Å². The molecule has 1 atom stereocenters. The average molecular weight is 379 g/mol. The number of hydrogen-bond donors (Lipinski definition) is 2. The van der Waals surface area contributed by atoms with Gasteiger partial charge in [0.05, 0.1) is 11.4 Å². The van der Waals surface area contributed by atoms with E-state index in [0.29, 0.717) is 0 Å². The second-order valence-electron chi connectivity index (χ2n) is 5.52. The third-order valence-corrected chi connectivity index (χ3v) is 4.20. The third kappa shape index (κ3) is 3.26. The number of hydrogen-bond acceptors (Lipinski definition) is 4. The molecule has 1 aromatic heterocycles. The van der Waals surface area contributed by atoms with Crippen molar-refractivity contribution >= 4 is 27.8 Å². The van der Waals surface area contributed by atoms with Gasteiger partial charge in [-0.15, -0.1) is 5.10 Å². The number of rotatable bonds is 5. The van der Waals surface area contributed by atoms with Gasteiger partial charge in [-0.1, -0.05) is 21.1 Å². The Bertz CT molecular complexity index is 753. The van der Waals surface area contributed by atoms with Crippen LogP contribution in [0.15, 0.2) is 28.7 Å². The van der Waals surface area contributed by atoms with E-state index in [2.05, 4.69) is 31.6 Å². The zero-order chi connectivity index (χ0) is 16.6. The highest BCUT2D eigenvalue weighted by Gasteiger charge is 2.34. The van der Waals surface area contributed by atoms with Crippen LogP contribution in [-0.4, -0.2) is 38.0 Å². The minimum Gasteiger partial charge on any atom is -0.480 e. The Balaban J connectivity index is 1.94. The summed E-state index contributed by atoms with van der Waals surface area (Å²) in [6, 6.07) is 6.56. The molecule has 2 N–H and O–H groups in total. The van der Waals surface area contributed by atoms with Gasteiger partial charge >= 0.3 is 5.97 Å². The van der Waals surface area contributed by atoms with Crippen LogP contribution < -0.4 is 5.32 Å². The zero-order valence-corrected chi connectivity index (χ0v) is 13.9. The molecule has 0 saturated heterocycles. The van der Waals surface area contributed by atoms with Crippen molar-refractivity contribution in [3.8, 4) is 5.69 Å². The number of carbonyl (C=O) groups is 2. The summed E-state index contributed by atoms with van der Waals surface area (Å²) in [4.78, 5) is 23.2. The summed E-state index contributed by atoms with van der Waals surface area (Å²) < 4.78 is 2.60. The summed E-state index contributed by atoms with van der Waals surface area (Å²) in [6.07, 6.45) is 1.94. The first-order valence-electron chi connectivity index (χ1n) is 7.22. The molecule has 7 nitrogen and oxygen atoms in total. The molecule has 1 aromatic carbocycles. The van der Waals surface area contributed by atoms with Crippen LogP contribution in [0.1, 0.15) is 41.9 Å². The fourth-order valence-electron chi connectivity index (χ4n) is 2.27. The van der Waals surface area contributed by atoms with Gasteiger partial charge in [0.25, 0.3) is 5.91 Å². The highest BCUT2D eigenvalue weighted by Crippen LogP contribution is 2.42. The quantitative estimate of drug-likeness (QED) is 0.830. The number of carboxylic acids is 1. The molecule has 0 bridgehead atoms. The Labute approximate surface area is 140 Å². The molecule has 3 rings (SSSR count). The van der Waals surface area contributed by atoms with E-state index in [0.717, 1.165) is 28.7 Å². The van der Waals surface area contributed by atoms with Gasteiger partial charge in [0.1, 0.15) is 6.04 Å². The lowest BCUT2D eigenvalue weighted by Gasteiger charge is -2.10. The predicted octanol–water partition coefficient (Wildman–Crippen LogP) is 2.11. The number of benzene rings is 1. The number of carboxylic acid groups (broad SMARTS) is 1. The van der Waals surface area contributed by atoms with Crippen LogP contribution in [-0.2, 0) is 4.79 Å². The monoisotopic (exact) mass is 378 g/mol. The lowest BCUT2D eigenvalue weighted by Crippen LogP contribution is -2.38. The second kappa shape index (κ2) is 6.11. The molecule has 120 valence electrons. The molecule has 0 aliphatic heterocycles. The van der Waals surface area contributed by atoms with Gasteiger partial charge in [-0.3, -0.25) is 9.59 Å². The summed E-state index contributed by atoms with van der Waals surface area (Å²) >= 11 is 3.38. The molecule has 2 aromatic rings. The van der Waals surface area contributed by atoms with E-state index in [1.165, 1.54) is 6.92 Å². The molecule has 23 heavy (non-hydrogen) atoms. The summed E-state index contributed by atoms with van der Waals surface area (Å²) in [7, 11) is 0. The minimum atomic E-state index is -1.09. The van der Waals surface area contributed by atoms with Crippen molar-refractivity contribution in [3.05, 3.63) is 40.1 Å². The highest BCUT2D eigenvalue weighted by molar-refractivity contribution is 9.10. The third-order valence-electron chi connectivity index (χ3n) is 3.67. The number of aliphatic carboxylic acids is 1. The normalized spacial score (nSPS) is 15.2. The maximum Gasteiger partial charge on any atom is 0.325 e. The maximum atomic E-state index is 12.3. The number of aromatic nitrogens is 3. The molecular formula is C15H15BrN4O3. The summed E-state index contributed by atoms with van der Waals surface area (Å²) in [5, 5.41) is 19.4. The van der Waals surface area contributed by atoms with Crippen molar-refractivity contribution in [2.45, 2.75) is 31.7 Å². The first-order chi connectivity index (χ1) is 11.0. The van der Waals surface area contributed by atoms with Gasteiger partial charge in [0.2, 0.25) is 0 Å². The van der Waals surface area contributed by atoms with E-state index in [-0.39, 0.29) is 11.6 Å². The fraction of sp³-hybridized carbons (Fsp3) is 0.333. The molecule has 1 aliphatic carbocycles. The number of nitrogens with one attached hydrogen (secondary N) is 1. The summed E-state index contributed by atoms with van der Waals surface area (Å²) in [5.74, 6) is -1.37. The smallest absolute Gasteiger partial charge is 0.325 e. The van der Waals surface area contributed by atoms with Crippen LogP contribution in [0.4, 0.5) is 0 Å². The van der Waals surface area contributed by atoms with Crippen molar-refractivity contribution in [1.29, 1.82) is 0 Å². The standard InChI is InChI=1S/C15H15BrN4O3/c1-8(15(22)23)17-14(21)12-13(9-2-3-9)20(19-18-12)11-6-4-10(16)5-7-11/h4-9H,2-3H2,1H3,(H,17,21)(H,22,23). The van der Waals surface area contributed by atoms with E-state index >= 15 is 0 Å². The molecule has 0 radical (unpaired) electrons. The molecule has 1 amide bonds. The lowest BCUT2D eigenvalue weighted by molar-refractivity contribution is -0.138. The number of amides is 1. The largest absolute Gasteiger partial charge is 0.480 e. The van der Waals surface area contributed by atoms with E-state index in [4.69, 9.17) is 5.11 Å². The van der Waals surface area contributed by atoms with Crippen molar-refractivity contribution in [2.24, 2.45) is 0 Å².